The molecule has 1 aliphatic heterocycles. The second-order valence-corrected chi connectivity index (χ2v) is 10.9. The first-order valence-electron chi connectivity index (χ1n) is 14.2. The van der Waals surface area contributed by atoms with Crippen LogP contribution in [0.15, 0.2) is 64.7 Å². The van der Waals surface area contributed by atoms with Crippen molar-refractivity contribution in [2.75, 3.05) is 24.7 Å². The van der Waals surface area contributed by atoms with Gasteiger partial charge in [-0.05, 0) is 30.3 Å². The molecule has 1 unspecified atom stereocenters. The lowest BCUT2D eigenvalue weighted by atomic mass is 10.1. The molecule has 2 atom stereocenters. The van der Waals surface area contributed by atoms with Crippen molar-refractivity contribution >= 4 is 34.1 Å². The molecule has 0 bridgehead atoms. The predicted molar refractivity (Wildman–Crippen MR) is 158 cm³/mol. The number of aromatic nitrogens is 5. The highest BCUT2D eigenvalue weighted by molar-refractivity contribution is 5.97. The molecule has 0 radical (unpaired) electrons. The predicted octanol–water partition coefficient (Wildman–Crippen LogP) is 2.20. The summed E-state index contributed by atoms with van der Waals surface area (Å²) >= 11 is 0. The van der Waals surface area contributed by atoms with Crippen LogP contribution in [0, 0.1) is 11.6 Å². The number of benzene rings is 1. The fourth-order valence-electron chi connectivity index (χ4n) is 5.67. The Morgan fingerprint density at radius 3 is 2.54 bits per heavy atom. The number of ether oxygens (including phenoxy) is 1. The Morgan fingerprint density at radius 2 is 1.85 bits per heavy atom. The zero-order chi connectivity index (χ0) is 34.5. The molecule has 5 aromatic rings. The summed E-state index contributed by atoms with van der Waals surface area (Å²) in [6.45, 7) is -1.20. The van der Waals surface area contributed by atoms with Crippen LogP contribution in [0.4, 0.5) is 27.6 Å². The third kappa shape index (κ3) is 5.63. The molecule has 2 N–H and O–H groups in total. The first-order valence-corrected chi connectivity index (χ1v) is 14.2. The molecule has 1 aliphatic rings. The van der Waals surface area contributed by atoms with Crippen LogP contribution >= 0.6 is 0 Å². The summed E-state index contributed by atoms with van der Waals surface area (Å²) in [4.78, 5) is 60.7. The zero-order valence-corrected chi connectivity index (χ0v) is 24.7. The molecule has 5 heterocycles. The van der Waals surface area contributed by atoms with Crippen LogP contribution < -0.4 is 21.5 Å². The second-order valence-electron chi connectivity index (χ2n) is 10.9. The number of fused-ring (bicyclic) bond motifs is 2. The molecule has 0 spiro atoms. The first kappa shape index (κ1) is 32.3. The number of carboxylic acid groups (broad SMARTS) is 1. The third-order valence-electron chi connectivity index (χ3n) is 8.04. The number of nitrogens with one attached hydrogen (secondary N) is 1. The lowest BCUT2D eigenvalue weighted by Crippen LogP contribution is -2.53. The highest BCUT2D eigenvalue weighted by atomic mass is 19.4. The van der Waals surface area contributed by atoms with Crippen LogP contribution in [0.1, 0.15) is 16.1 Å². The van der Waals surface area contributed by atoms with Crippen LogP contribution in [0.5, 0.6) is 0 Å². The van der Waals surface area contributed by atoms with Crippen molar-refractivity contribution in [2.45, 2.75) is 24.7 Å². The minimum atomic E-state index is -4.77. The van der Waals surface area contributed by atoms with E-state index >= 15 is 8.78 Å². The van der Waals surface area contributed by atoms with E-state index in [-0.39, 0.29) is 35.6 Å². The second kappa shape index (κ2) is 12.2. The highest BCUT2D eigenvalue weighted by Gasteiger charge is 2.46. The fourth-order valence-corrected chi connectivity index (χ4v) is 5.67. The van der Waals surface area contributed by atoms with Gasteiger partial charge in [0.1, 0.15) is 29.3 Å². The van der Waals surface area contributed by atoms with Gasteiger partial charge in [0.25, 0.3) is 11.5 Å². The van der Waals surface area contributed by atoms with Gasteiger partial charge in [0, 0.05) is 50.0 Å². The minimum absolute atomic E-state index is 0.0706. The van der Waals surface area contributed by atoms with Gasteiger partial charge in [-0.3, -0.25) is 19.1 Å². The molecule has 0 aliphatic carbocycles. The SMILES string of the molecule is Cn1c(=O)n(-c2ccc(CC(NC(=O)c3c(F)cc(N4CCOC[C@H]4C(F)(F)F)cc3F)C(=O)O)n3ccnc23)c(=O)c2ccncc21. The molecule has 1 amide bonds. The quantitative estimate of drug-likeness (QED) is 0.248. The zero-order valence-electron chi connectivity index (χ0n) is 24.7. The lowest BCUT2D eigenvalue weighted by molar-refractivity contribution is -0.167. The van der Waals surface area contributed by atoms with E-state index in [9.17, 15) is 37.5 Å². The maximum Gasteiger partial charge on any atom is 0.411 e. The number of nitrogens with zero attached hydrogens (tertiary/aromatic N) is 6. The molecule has 0 saturated carbocycles. The normalized spacial score (nSPS) is 16.0. The number of alkyl halides is 3. The van der Waals surface area contributed by atoms with Gasteiger partial charge >= 0.3 is 17.8 Å². The summed E-state index contributed by atoms with van der Waals surface area (Å²) in [7, 11) is 1.46. The number of hydrogen-bond acceptors (Lipinski definition) is 8. The largest absolute Gasteiger partial charge is 0.480 e. The van der Waals surface area contributed by atoms with Crippen molar-refractivity contribution in [2.24, 2.45) is 7.05 Å². The lowest BCUT2D eigenvalue weighted by Gasteiger charge is -2.38. The minimum Gasteiger partial charge on any atom is -0.480 e. The highest BCUT2D eigenvalue weighted by Crippen LogP contribution is 2.32. The number of pyridine rings is 2. The van der Waals surface area contributed by atoms with Gasteiger partial charge in [-0.1, -0.05) is 0 Å². The molecule has 6 rings (SSSR count). The summed E-state index contributed by atoms with van der Waals surface area (Å²) in [5.74, 6) is -6.04. The number of anilines is 1. The summed E-state index contributed by atoms with van der Waals surface area (Å²) in [5, 5.41) is 12.2. The van der Waals surface area contributed by atoms with Gasteiger partial charge in [-0.25, -0.2) is 27.9 Å². The molecule has 4 aromatic heterocycles. The number of carboxylic acids is 1. The van der Waals surface area contributed by atoms with Crippen molar-refractivity contribution in [3.63, 3.8) is 0 Å². The van der Waals surface area contributed by atoms with Gasteiger partial charge in [0.05, 0.1) is 36.0 Å². The standard InChI is InChI=1S/C30H24F5N7O6/c1-39-22-13-36-5-4-17(22)27(44)42(29(39)47)21-3-2-15(41-7-6-37-25(21)41)12-20(28(45)46)38-26(43)24-18(31)10-16(11-19(24)32)40-8-9-48-14-23(40)30(33,34)35/h2-7,10-11,13,20,23H,8-9,12,14H2,1H3,(H,38,43)(H,45,46)/t20?,23-/m0/s1. The Labute approximate surface area is 265 Å². The van der Waals surface area contributed by atoms with E-state index in [2.05, 4.69) is 15.3 Å². The molecular formula is C30H24F5N7O6. The Bertz CT molecular complexity index is 2190. The summed E-state index contributed by atoms with van der Waals surface area (Å²) in [5.41, 5.74) is -2.34. The maximum absolute atomic E-state index is 15.1. The summed E-state index contributed by atoms with van der Waals surface area (Å²) < 4.78 is 79.2. The molecule has 1 saturated heterocycles. The number of aryl methyl sites for hydroxylation is 1. The van der Waals surface area contributed by atoms with Gasteiger partial charge in [0.2, 0.25) is 0 Å². The molecule has 13 nitrogen and oxygen atoms in total. The molecule has 1 fully saturated rings. The maximum atomic E-state index is 15.1. The number of aliphatic carboxylic acids is 1. The van der Waals surface area contributed by atoms with E-state index in [0.29, 0.717) is 17.6 Å². The first-order chi connectivity index (χ1) is 22.8. The van der Waals surface area contributed by atoms with Gasteiger partial charge in [-0.15, -0.1) is 0 Å². The number of morpholine rings is 1. The van der Waals surface area contributed by atoms with Crippen molar-refractivity contribution in [1.29, 1.82) is 0 Å². The average Bonchev–Trinajstić information content (AvgIpc) is 3.54. The summed E-state index contributed by atoms with van der Waals surface area (Å²) in [6, 6.07) is 1.42. The van der Waals surface area contributed by atoms with Crippen molar-refractivity contribution in [1.82, 2.24) is 28.8 Å². The molecule has 48 heavy (non-hydrogen) atoms. The van der Waals surface area contributed by atoms with E-state index in [1.807, 2.05) is 0 Å². The van der Waals surface area contributed by atoms with E-state index in [1.165, 1.54) is 59.0 Å². The van der Waals surface area contributed by atoms with Crippen molar-refractivity contribution in [3.05, 3.63) is 98.8 Å². The summed E-state index contributed by atoms with van der Waals surface area (Å²) in [6.07, 6.45) is 0.305. The van der Waals surface area contributed by atoms with Crippen LogP contribution in [0.3, 0.4) is 0 Å². The van der Waals surface area contributed by atoms with Gasteiger partial charge in [0.15, 0.2) is 5.65 Å². The Hall–Kier alpha value is -5.65. The number of amides is 1. The molecular weight excluding hydrogens is 649 g/mol. The van der Waals surface area contributed by atoms with Crippen LogP contribution in [-0.4, -0.2) is 78.5 Å². The van der Waals surface area contributed by atoms with Crippen LogP contribution in [0.2, 0.25) is 0 Å². The van der Waals surface area contributed by atoms with Crippen LogP contribution in [0.25, 0.3) is 22.2 Å². The van der Waals surface area contributed by atoms with E-state index in [1.54, 1.807) is 0 Å². The van der Waals surface area contributed by atoms with Crippen LogP contribution in [-0.2, 0) is 23.0 Å². The Kier molecular flexibility index (Phi) is 8.19. The van der Waals surface area contributed by atoms with Crippen molar-refractivity contribution in [3.8, 4) is 5.69 Å². The van der Waals surface area contributed by atoms with E-state index in [0.717, 1.165) is 9.47 Å². The van der Waals surface area contributed by atoms with Gasteiger partial charge < -0.3 is 24.5 Å². The van der Waals surface area contributed by atoms with E-state index in [4.69, 9.17) is 4.74 Å². The number of halogens is 5. The Balaban J connectivity index is 1.30. The number of carbonyl (C=O) groups excluding carboxylic acids is 1. The number of carbonyl (C=O) groups is 2. The van der Waals surface area contributed by atoms with E-state index < -0.39 is 77.3 Å². The Morgan fingerprint density at radius 1 is 1.12 bits per heavy atom. The smallest absolute Gasteiger partial charge is 0.411 e. The topological polar surface area (TPSA) is 153 Å². The molecule has 1 aromatic carbocycles. The van der Waals surface area contributed by atoms with Crippen molar-refractivity contribution < 1.29 is 41.4 Å². The van der Waals surface area contributed by atoms with Gasteiger partial charge in [-0.2, -0.15) is 13.2 Å². The average molecular weight is 674 g/mol. The monoisotopic (exact) mass is 673 g/mol. The number of rotatable bonds is 7. The fraction of sp³-hybridized carbons (Fsp3) is 0.267. The third-order valence-corrected chi connectivity index (χ3v) is 8.04. The number of hydrogen-bond donors (Lipinski definition) is 2. The molecule has 18 heteroatoms. The number of imidazole rings is 1. The molecule has 250 valence electrons.